The fourth-order valence-electron chi connectivity index (χ4n) is 7.29. The summed E-state index contributed by atoms with van der Waals surface area (Å²) < 4.78 is 7.69. The minimum Gasteiger partial charge on any atom is -0.481 e. The number of anilines is 1. The van der Waals surface area contributed by atoms with Crippen molar-refractivity contribution in [3.8, 4) is 28.3 Å². The number of aliphatic hydroxyl groups excluding tert-OH is 1. The van der Waals surface area contributed by atoms with E-state index in [0.717, 1.165) is 80.7 Å². The van der Waals surface area contributed by atoms with E-state index in [2.05, 4.69) is 49.7 Å². The quantitative estimate of drug-likeness (QED) is 0.0796. The lowest BCUT2D eigenvalue weighted by atomic mass is 9.94. The maximum absolute atomic E-state index is 13.4. The SMILES string of the molecule is CCC(C)CCC(CC)NC(=O)NCN.CCc1c(NC(=O)c2cn(CC(C)O)c(=O)n(C)c2=O)cccc1-c1cccc(-c2cc3c(c(OC)n2)C(C)CC3)c1Cl. The number of hydrogen-bond donors (Lipinski definition) is 5. The Bertz CT molecular complexity index is 2180. The van der Waals surface area contributed by atoms with E-state index in [1.165, 1.54) is 32.2 Å². The number of urea groups is 1. The summed E-state index contributed by atoms with van der Waals surface area (Å²) in [5.41, 5.74) is 10.5. The topological polar surface area (TPSA) is 183 Å². The van der Waals surface area contributed by atoms with Crippen LogP contribution in [0, 0.1) is 5.92 Å². The summed E-state index contributed by atoms with van der Waals surface area (Å²) in [6, 6.07) is 13.5. The second kappa shape index (κ2) is 21.1. The minimum absolute atomic E-state index is 0.0538. The number of aryl methyl sites for hydroxylation is 1. The number of fused-ring (bicyclic) bond motifs is 1. The first-order valence-electron chi connectivity index (χ1n) is 20.2. The summed E-state index contributed by atoms with van der Waals surface area (Å²) in [4.78, 5) is 54.8. The van der Waals surface area contributed by atoms with Gasteiger partial charge in [-0.25, -0.2) is 14.6 Å². The molecule has 4 atom stereocenters. The van der Waals surface area contributed by atoms with Gasteiger partial charge in [-0.2, -0.15) is 0 Å². The number of amides is 3. The highest BCUT2D eigenvalue weighted by molar-refractivity contribution is 6.36. The van der Waals surface area contributed by atoms with Gasteiger partial charge in [-0.3, -0.25) is 18.7 Å². The number of halogens is 1. The molecule has 1 aliphatic rings. The smallest absolute Gasteiger partial charge is 0.330 e. The van der Waals surface area contributed by atoms with E-state index in [4.69, 9.17) is 27.1 Å². The fourth-order valence-corrected chi connectivity index (χ4v) is 7.61. The summed E-state index contributed by atoms with van der Waals surface area (Å²) in [6.45, 7) is 12.3. The van der Waals surface area contributed by atoms with Crippen LogP contribution in [0.5, 0.6) is 5.88 Å². The molecule has 5 rings (SSSR count). The van der Waals surface area contributed by atoms with Crippen LogP contribution in [0.15, 0.2) is 58.3 Å². The van der Waals surface area contributed by atoms with E-state index >= 15 is 0 Å². The molecule has 1 aliphatic carbocycles. The van der Waals surface area contributed by atoms with Crippen LogP contribution >= 0.6 is 11.6 Å². The summed E-state index contributed by atoms with van der Waals surface area (Å²) in [6.07, 6.45) is 7.31. The second-order valence-electron chi connectivity index (χ2n) is 15.1. The van der Waals surface area contributed by atoms with Gasteiger partial charge in [-0.05, 0) is 86.1 Å². The molecule has 2 aromatic carbocycles. The molecule has 0 radical (unpaired) electrons. The van der Waals surface area contributed by atoms with Crippen LogP contribution in [0.1, 0.15) is 107 Å². The summed E-state index contributed by atoms with van der Waals surface area (Å²) in [5.74, 6) is 1.10. The highest BCUT2D eigenvalue weighted by Crippen LogP contribution is 2.43. The van der Waals surface area contributed by atoms with Gasteiger partial charge in [0.05, 0.1) is 37.1 Å². The Morgan fingerprint density at radius 1 is 1.05 bits per heavy atom. The van der Waals surface area contributed by atoms with Gasteiger partial charge in [0.15, 0.2) is 0 Å². The van der Waals surface area contributed by atoms with Crippen molar-refractivity contribution in [2.75, 3.05) is 19.1 Å². The Hall–Kier alpha value is -4.98. The Balaban J connectivity index is 0.000000422. The van der Waals surface area contributed by atoms with Crippen molar-refractivity contribution in [2.45, 2.75) is 111 Å². The number of nitrogens with zero attached hydrogens (tertiary/aromatic N) is 3. The largest absolute Gasteiger partial charge is 0.481 e. The highest BCUT2D eigenvalue weighted by atomic mass is 35.5. The third kappa shape index (κ3) is 10.9. The number of hydrogen-bond acceptors (Lipinski definition) is 8. The number of aromatic nitrogens is 3. The van der Waals surface area contributed by atoms with Crippen LogP contribution < -0.4 is 37.7 Å². The number of methoxy groups -OCH3 is 1. The molecule has 0 bridgehead atoms. The lowest BCUT2D eigenvalue weighted by Crippen LogP contribution is -2.43. The first-order chi connectivity index (χ1) is 27.7. The molecule has 13 nitrogen and oxygen atoms in total. The van der Waals surface area contributed by atoms with Crippen LogP contribution in [-0.2, 0) is 26.4 Å². The van der Waals surface area contributed by atoms with Crippen molar-refractivity contribution >= 4 is 29.2 Å². The highest BCUT2D eigenvalue weighted by Gasteiger charge is 2.26. The number of pyridine rings is 1. The maximum Gasteiger partial charge on any atom is 0.330 e. The monoisotopic (exact) mass is 817 g/mol. The molecular weight excluding hydrogens is 758 g/mol. The number of carbonyl (C=O) groups is 2. The van der Waals surface area contributed by atoms with Gasteiger partial charge < -0.3 is 31.5 Å². The van der Waals surface area contributed by atoms with Gasteiger partial charge in [0, 0.05) is 41.7 Å². The van der Waals surface area contributed by atoms with E-state index < -0.39 is 23.3 Å². The third-order valence-corrected chi connectivity index (χ3v) is 11.2. The summed E-state index contributed by atoms with van der Waals surface area (Å²) in [7, 11) is 2.94. The molecular formula is C44H60ClN7O6. The molecule has 4 aromatic rings. The lowest BCUT2D eigenvalue weighted by molar-refractivity contribution is 0.102. The van der Waals surface area contributed by atoms with E-state index in [-0.39, 0.29) is 30.8 Å². The molecule has 0 saturated heterocycles. The molecule has 4 unspecified atom stereocenters. The molecule has 0 spiro atoms. The van der Waals surface area contributed by atoms with Crippen LogP contribution in [0.2, 0.25) is 5.02 Å². The van der Waals surface area contributed by atoms with Crippen LogP contribution in [-0.4, -0.2) is 57.1 Å². The molecule has 2 aromatic heterocycles. The zero-order chi connectivity index (χ0) is 42.7. The predicted octanol–water partition coefficient (Wildman–Crippen LogP) is 6.99. The van der Waals surface area contributed by atoms with Crippen molar-refractivity contribution in [3.63, 3.8) is 0 Å². The van der Waals surface area contributed by atoms with Crippen molar-refractivity contribution in [1.29, 1.82) is 0 Å². The van der Waals surface area contributed by atoms with E-state index in [1.54, 1.807) is 13.2 Å². The fraction of sp³-hybridized carbons (Fsp3) is 0.477. The first-order valence-corrected chi connectivity index (χ1v) is 20.6. The van der Waals surface area contributed by atoms with Crippen molar-refractivity contribution in [1.82, 2.24) is 24.8 Å². The molecule has 2 heterocycles. The number of carbonyl (C=O) groups excluding carboxylic acids is 2. The standard InChI is InChI=1S/C33H35ClN4O5.C11H25N3O/c1-6-21-22(9-8-12-26(21)35-30(40)25-17-38(16-19(3)39)33(42)37(4)32(25)41)23-10-7-11-24(29(23)34)27-15-20-14-13-18(2)28(20)31(36-27)43-5;1-4-9(3)6-7-10(5-2)14-11(15)13-8-12/h7-12,15,17-19,39H,6,13-14,16H2,1-5H3,(H,35,40);9-10H,4-8,12H2,1-3H3,(H2,13,14,15). The average Bonchev–Trinajstić information content (AvgIpc) is 3.59. The van der Waals surface area contributed by atoms with E-state index in [9.17, 15) is 24.3 Å². The van der Waals surface area contributed by atoms with Crippen molar-refractivity contribution in [2.24, 2.45) is 18.7 Å². The molecule has 3 amide bonds. The number of benzene rings is 2. The predicted molar refractivity (Wildman–Crippen MR) is 232 cm³/mol. The Labute approximate surface area is 346 Å². The molecule has 58 heavy (non-hydrogen) atoms. The van der Waals surface area contributed by atoms with Crippen molar-refractivity contribution < 1.29 is 19.4 Å². The average molecular weight is 818 g/mol. The Kier molecular flexibility index (Phi) is 16.7. The molecule has 6 N–H and O–H groups in total. The third-order valence-electron chi connectivity index (χ3n) is 10.8. The van der Waals surface area contributed by atoms with Crippen LogP contribution in [0.3, 0.4) is 0 Å². The minimum atomic E-state index is -0.841. The van der Waals surface area contributed by atoms with Crippen LogP contribution in [0.4, 0.5) is 10.5 Å². The molecule has 0 saturated carbocycles. The lowest BCUT2D eigenvalue weighted by Gasteiger charge is -2.18. The number of nitrogens with two attached hydrogens (primary N) is 1. The van der Waals surface area contributed by atoms with Gasteiger partial charge in [0.2, 0.25) is 5.88 Å². The maximum atomic E-state index is 13.4. The first kappa shape index (κ1) is 45.7. The summed E-state index contributed by atoms with van der Waals surface area (Å²) >= 11 is 7.08. The van der Waals surface area contributed by atoms with E-state index in [0.29, 0.717) is 28.9 Å². The number of aliphatic hydroxyl groups is 1. The number of nitrogens with one attached hydrogen (secondary N) is 3. The Morgan fingerprint density at radius 3 is 2.38 bits per heavy atom. The zero-order valence-corrected chi connectivity index (χ0v) is 35.8. The molecule has 314 valence electrons. The number of rotatable bonds is 15. The Morgan fingerprint density at radius 2 is 1.74 bits per heavy atom. The van der Waals surface area contributed by atoms with Crippen LogP contribution in [0.25, 0.3) is 22.4 Å². The van der Waals surface area contributed by atoms with Gasteiger partial charge in [-0.1, -0.05) is 83.0 Å². The second-order valence-corrected chi connectivity index (χ2v) is 15.5. The molecule has 0 aliphatic heterocycles. The van der Waals surface area contributed by atoms with Gasteiger partial charge >= 0.3 is 11.7 Å². The van der Waals surface area contributed by atoms with Gasteiger partial charge in [0.25, 0.3) is 11.5 Å². The van der Waals surface area contributed by atoms with E-state index in [1.807, 2.05) is 37.3 Å². The van der Waals surface area contributed by atoms with Gasteiger partial charge in [0.1, 0.15) is 5.56 Å². The molecule has 0 fully saturated rings. The molecule has 14 heteroatoms. The van der Waals surface area contributed by atoms with Crippen molar-refractivity contribution in [3.05, 3.63) is 96.8 Å². The summed E-state index contributed by atoms with van der Waals surface area (Å²) in [5, 5.41) is 18.6. The normalized spacial score (nSPS) is 14.7. The zero-order valence-electron chi connectivity index (χ0n) is 35.1. The van der Waals surface area contributed by atoms with Gasteiger partial charge in [-0.15, -0.1) is 0 Å². The number of ether oxygens (including phenoxy) is 1.